The van der Waals surface area contributed by atoms with Crippen LogP contribution in [0.5, 0.6) is 0 Å². The molecule has 1 aromatic carbocycles. The maximum atomic E-state index is 15.3. The van der Waals surface area contributed by atoms with Crippen LogP contribution in [0.3, 0.4) is 0 Å². The van der Waals surface area contributed by atoms with Crippen LogP contribution in [0.2, 0.25) is 0 Å². The number of hydrogen-bond donors (Lipinski definition) is 3. The molecule has 0 bridgehead atoms. The van der Waals surface area contributed by atoms with Crippen LogP contribution in [0.1, 0.15) is 82.9 Å². The summed E-state index contributed by atoms with van der Waals surface area (Å²) in [4.78, 5) is 29.4. The summed E-state index contributed by atoms with van der Waals surface area (Å²) in [6.07, 6.45) is 4.41. The molecule has 5 rings (SSSR count). The van der Waals surface area contributed by atoms with Gasteiger partial charge in [0.05, 0.1) is 5.56 Å². The van der Waals surface area contributed by atoms with Gasteiger partial charge in [-0.05, 0) is 88.6 Å². The number of esters is 1. The first-order valence-corrected chi connectivity index (χ1v) is 15.9. The Labute approximate surface area is 253 Å². The van der Waals surface area contributed by atoms with E-state index < -0.39 is 23.5 Å². The molecule has 2 amide bonds. The van der Waals surface area contributed by atoms with Crippen molar-refractivity contribution >= 4 is 39.7 Å². The third kappa shape index (κ3) is 6.16. The number of anilines is 1. The third-order valence-electron chi connectivity index (χ3n) is 7.51. The SMILES string of the molecule is C=C(C)C(F)(F)c1ccccc1-c1sc2c(c1CNC(=O)Nc1sc3c(c1C(=O)OC(C)(C)C)CCCC3)CCNC2. The molecule has 0 spiro atoms. The van der Waals surface area contributed by atoms with Gasteiger partial charge in [-0.15, -0.1) is 22.7 Å². The maximum absolute atomic E-state index is 15.3. The van der Waals surface area contributed by atoms with Crippen molar-refractivity contribution in [3.05, 3.63) is 74.0 Å². The zero-order chi connectivity index (χ0) is 30.2. The molecule has 0 unspecified atom stereocenters. The summed E-state index contributed by atoms with van der Waals surface area (Å²) in [5, 5.41) is 9.71. The molecular weight excluding hydrogens is 577 g/mol. The van der Waals surface area contributed by atoms with Gasteiger partial charge < -0.3 is 15.4 Å². The van der Waals surface area contributed by atoms with E-state index in [0.717, 1.165) is 70.0 Å². The van der Waals surface area contributed by atoms with Crippen LogP contribution in [0, 0.1) is 0 Å². The van der Waals surface area contributed by atoms with Gasteiger partial charge in [-0.1, -0.05) is 30.8 Å². The standard InChI is InChI=1S/C32H37F2N3O3S2/c1-18(2)32(33,34)23-12-8-6-10-20(23)27-22(19-14-15-35-17-25(19)41-27)16-36-30(39)37-28-26(29(38)40-31(3,4)5)21-11-7-9-13-24(21)42-28/h6,8,10,12,35H,1,7,9,11,13-17H2,2-5H3,(H2,36,37,39). The second-order valence-corrected chi connectivity index (χ2v) is 14.1. The zero-order valence-electron chi connectivity index (χ0n) is 24.5. The molecule has 42 heavy (non-hydrogen) atoms. The van der Waals surface area contributed by atoms with Gasteiger partial charge in [-0.2, -0.15) is 8.78 Å². The number of alkyl halides is 2. The van der Waals surface area contributed by atoms with E-state index in [9.17, 15) is 9.59 Å². The summed E-state index contributed by atoms with van der Waals surface area (Å²) in [7, 11) is 0. The Balaban J connectivity index is 1.44. The lowest BCUT2D eigenvalue weighted by Gasteiger charge is -2.21. The number of halogens is 2. The summed E-state index contributed by atoms with van der Waals surface area (Å²) >= 11 is 2.91. The van der Waals surface area contributed by atoms with Crippen molar-refractivity contribution in [2.24, 2.45) is 0 Å². The predicted molar refractivity (Wildman–Crippen MR) is 166 cm³/mol. The predicted octanol–water partition coefficient (Wildman–Crippen LogP) is 7.95. The molecule has 0 radical (unpaired) electrons. The zero-order valence-corrected chi connectivity index (χ0v) is 26.1. The van der Waals surface area contributed by atoms with Crippen molar-refractivity contribution in [1.29, 1.82) is 0 Å². The lowest BCUT2D eigenvalue weighted by Crippen LogP contribution is -2.30. The molecule has 2 aliphatic rings. The highest BCUT2D eigenvalue weighted by Crippen LogP contribution is 2.45. The first-order valence-electron chi connectivity index (χ1n) is 14.3. The summed E-state index contributed by atoms with van der Waals surface area (Å²) in [5.41, 5.74) is 2.79. The van der Waals surface area contributed by atoms with Crippen molar-refractivity contribution in [3.8, 4) is 10.4 Å². The fourth-order valence-corrected chi connectivity index (χ4v) is 8.15. The second kappa shape index (κ2) is 11.9. The van der Waals surface area contributed by atoms with Gasteiger partial charge in [0.2, 0.25) is 0 Å². The number of carbonyl (C=O) groups is 2. The normalized spacial score (nSPS) is 15.0. The van der Waals surface area contributed by atoms with Crippen LogP contribution in [0.4, 0.5) is 18.6 Å². The first-order chi connectivity index (χ1) is 19.9. The minimum absolute atomic E-state index is 0.0964. The van der Waals surface area contributed by atoms with Crippen molar-refractivity contribution in [2.45, 2.75) is 84.4 Å². The van der Waals surface area contributed by atoms with Crippen molar-refractivity contribution in [1.82, 2.24) is 10.6 Å². The van der Waals surface area contributed by atoms with Gasteiger partial charge >= 0.3 is 12.0 Å². The molecule has 0 atom stereocenters. The molecule has 0 saturated heterocycles. The summed E-state index contributed by atoms with van der Waals surface area (Å²) in [6.45, 7) is 11.9. The van der Waals surface area contributed by atoms with Crippen molar-refractivity contribution in [3.63, 3.8) is 0 Å². The van der Waals surface area contributed by atoms with Crippen LogP contribution in [0.25, 0.3) is 10.4 Å². The van der Waals surface area contributed by atoms with Crippen molar-refractivity contribution < 1.29 is 23.1 Å². The van der Waals surface area contributed by atoms with E-state index in [1.54, 1.807) is 18.2 Å². The Morgan fingerprint density at radius 2 is 1.79 bits per heavy atom. The molecule has 1 aliphatic carbocycles. The van der Waals surface area contributed by atoms with E-state index in [2.05, 4.69) is 22.5 Å². The Morgan fingerprint density at radius 1 is 1.05 bits per heavy atom. The Hall–Kier alpha value is -3.08. The number of thiophene rings is 2. The first kappa shape index (κ1) is 30.4. The van der Waals surface area contributed by atoms with E-state index in [0.29, 0.717) is 22.7 Å². The van der Waals surface area contributed by atoms with Crippen LogP contribution >= 0.6 is 22.7 Å². The third-order valence-corrected chi connectivity index (χ3v) is 10.0. The van der Waals surface area contributed by atoms with Crippen LogP contribution in [0.15, 0.2) is 36.4 Å². The summed E-state index contributed by atoms with van der Waals surface area (Å²) < 4.78 is 36.2. The monoisotopic (exact) mass is 613 g/mol. The molecule has 224 valence electrons. The number of rotatable bonds is 7. The topological polar surface area (TPSA) is 79.5 Å². The van der Waals surface area contributed by atoms with E-state index in [4.69, 9.17) is 4.74 Å². The molecule has 3 N–H and O–H groups in total. The minimum Gasteiger partial charge on any atom is -0.456 e. The van der Waals surface area contributed by atoms with Crippen LogP contribution in [-0.2, 0) is 43.0 Å². The highest BCUT2D eigenvalue weighted by atomic mass is 32.1. The number of benzene rings is 1. The Morgan fingerprint density at radius 3 is 2.52 bits per heavy atom. The number of allylic oxidation sites excluding steroid dienone is 1. The lowest BCUT2D eigenvalue weighted by molar-refractivity contribution is 0.00697. The highest BCUT2D eigenvalue weighted by Gasteiger charge is 2.36. The Bertz CT molecular complexity index is 1530. The average molecular weight is 614 g/mol. The fraction of sp³-hybridized carbons (Fsp3) is 0.438. The van der Waals surface area contributed by atoms with Gasteiger partial charge in [0.1, 0.15) is 10.6 Å². The number of amides is 2. The molecule has 10 heteroatoms. The number of hydrogen-bond acceptors (Lipinski definition) is 6. The maximum Gasteiger partial charge on any atom is 0.341 e. The van der Waals surface area contributed by atoms with Gasteiger partial charge in [-0.25, -0.2) is 9.59 Å². The van der Waals surface area contributed by atoms with E-state index in [1.165, 1.54) is 35.7 Å². The number of carbonyl (C=O) groups excluding carboxylic acids is 2. The molecular formula is C32H37F2N3O3S2. The van der Waals surface area contributed by atoms with Gasteiger partial charge in [0.25, 0.3) is 5.92 Å². The lowest BCUT2D eigenvalue weighted by atomic mass is 9.93. The number of urea groups is 1. The van der Waals surface area contributed by atoms with Gasteiger partial charge in [0.15, 0.2) is 0 Å². The number of fused-ring (bicyclic) bond motifs is 2. The van der Waals surface area contributed by atoms with Gasteiger partial charge in [0, 0.05) is 38.8 Å². The van der Waals surface area contributed by atoms with Crippen molar-refractivity contribution in [2.75, 3.05) is 11.9 Å². The molecule has 6 nitrogen and oxygen atoms in total. The molecule has 0 saturated carbocycles. The van der Waals surface area contributed by atoms with E-state index >= 15 is 8.78 Å². The number of nitrogens with one attached hydrogen (secondary N) is 3. The van der Waals surface area contributed by atoms with E-state index in [-0.39, 0.29) is 17.7 Å². The summed E-state index contributed by atoms with van der Waals surface area (Å²) in [5.74, 6) is -3.63. The Kier molecular flexibility index (Phi) is 8.60. The fourth-order valence-electron chi connectivity index (χ4n) is 5.50. The van der Waals surface area contributed by atoms with Crippen LogP contribution in [-0.4, -0.2) is 24.1 Å². The quantitative estimate of drug-likeness (QED) is 0.187. The molecule has 3 aromatic rings. The molecule has 0 fully saturated rings. The average Bonchev–Trinajstić information content (AvgIpc) is 3.48. The highest BCUT2D eigenvalue weighted by molar-refractivity contribution is 7.17. The summed E-state index contributed by atoms with van der Waals surface area (Å²) in [6, 6.07) is 6.06. The molecule has 1 aliphatic heterocycles. The molecule has 3 heterocycles. The smallest absolute Gasteiger partial charge is 0.341 e. The number of aryl methyl sites for hydroxylation is 1. The van der Waals surface area contributed by atoms with Gasteiger partial charge in [-0.3, -0.25) is 5.32 Å². The second-order valence-electron chi connectivity index (χ2n) is 11.9. The number of ether oxygens (including phenoxy) is 1. The molecule has 2 aromatic heterocycles. The largest absolute Gasteiger partial charge is 0.456 e. The van der Waals surface area contributed by atoms with E-state index in [1.807, 2.05) is 20.8 Å². The van der Waals surface area contributed by atoms with Crippen LogP contribution < -0.4 is 16.0 Å². The minimum atomic E-state index is -3.20.